The first-order valence-electron chi connectivity index (χ1n) is 9.27. The largest absolute Gasteiger partial charge is 0.357 e. The van der Waals surface area contributed by atoms with Crippen molar-refractivity contribution in [2.24, 2.45) is 17.5 Å². The van der Waals surface area contributed by atoms with Gasteiger partial charge >= 0.3 is 0 Å². The molecule has 0 spiro atoms. The Labute approximate surface area is 180 Å². The fourth-order valence-corrected chi connectivity index (χ4v) is 4.84. The number of aliphatic imine (C=N–C) groups is 1. The average molecular weight is 511 g/mol. The van der Waals surface area contributed by atoms with Crippen LogP contribution in [0.1, 0.15) is 43.6 Å². The van der Waals surface area contributed by atoms with Crippen LogP contribution < -0.4 is 10.6 Å². The molecule has 0 amide bonds. The lowest BCUT2D eigenvalue weighted by Gasteiger charge is -2.19. The Balaban J connectivity index is 0.00000364. The molecule has 1 atom stereocenters. The molecule has 1 saturated carbocycles. The number of aromatic nitrogens is 2. The number of halogens is 1. The number of hydrogen-bond donors (Lipinski definition) is 2. The lowest BCUT2D eigenvalue weighted by atomic mass is 10.1. The zero-order valence-corrected chi connectivity index (χ0v) is 20.4. The minimum Gasteiger partial charge on any atom is -0.357 e. The van der Waals surface area contributed by atoms with Crippen molar-refractivity contribution in [2.75, 3.05) is 25.1 Å². The first kappa shape index (κ1) is 24.2. The Kier molecular flexibility index (Phi) is 8.58. The van der Waals surface area contributed by atoms with Gasteiger partial charge in [0.25, 0.3) is 0 Å². The van der Waals surface area contributed by atoms with Crippen LogP contribution in [-0.2, 0) is 23.3 Å². The van der Waals surface area contributed by atoms with Crippen molar-refractivity contribution in [3.05, 3.63) is 17.0 Å². The normalized spacial score (nSPS) is 17.2. The zero-order valence-electron chi connectivity index (χ0n) is 17.3. The highest BCUT2D eigenvalue weighted by molar-refractivity contribution is 14.0. The summed E-state index contributed by atoms with van der Waals surface area (Å²) < 4.78 is 25.1. The molecule has 0 saturated heterocycles. The second-order valence-corrected chi connectivity index (χ2v) is 9.93. The molecule has 9 heteroatoms. The molecule has 2 N–H and O–H groups in total. The third kappa shape index (κ3) is 7.24. The van der Waals surface area contributed by atoms with Crippen LogP contribution in [0.2, 0.25) is 0 Å². The number of sulfone groups is 1. The molecular weight excluding hydrogens is 477 g/mol. The lowest BCUT2D eigenvalue weighted by molar-refractivity contribution is 0.547. The molecule has 1 heterocycles. The highest BCUT2D eigenvalue weighted by atomic mass is 127. The molecule has 1 aromatic heterocycles. The van der Waals surface area contributed by atoms with Gasteiger partial charge in [-0.2, -0.15) is 5.10 Å². The van der Waals surface area contributed by atoms with Gasteiger partial charge in [-0.25, -0.2) is 8.42 Å². The third-order valence-electron chi connectivity index (χ3n) is 4.99. The predicted molar refractivity (Wildman–Crippen MR) is 122 cm³/mol. The molecule has 156 valence electrons. The SMILES string of the molecule is CCNC(=NCC1(CS(C)(=O)=O)CC1)NC(C)Cc1c(C)nn(C)c1C.I. The quantitative estimate of drug-likeness (QED) is 0.317. The fourth-order valence-electron chi connectivity index (χ4n) is 3.35. The maximum atomic E-state index is 11.6. The van der Waals surface area contributed by atoms with Gasteiger partial charge in [0.15, 0.2) is 5.96 Å². The van der Waals surface area contributed by atoms with Gasteiger partial charge in [-0.05, 0) is 52.5 Å². The number of rotatable bonds is 8. The molecule has 0 aliphatic heterocycles. The maximum Gasteiger partial charge on any atom is 0.191 e. The van der Waals surface area contributed by atoms with Crippen molar-refractivity contribution in [1.29, 1.82) is 0 Å². The topological polar surface area (TPSA) is 88.4 Å². The van der Waals surface area contributed by atoms with Crippen LogP contribution in [0.5, 0.6) is 0 Å². The average Bonchev–Trinajstić information content (AvgIpc) is 3.22. The van der Waals surface area contributed by atoms with Gasteiger partial charge in [0.2, 0.25) is 0 Å². The second-order valence-electron chi connectivity index (χ2n) is 7.79. The molecule has 1 aliphatic rings. The van der Waals surface area contributed by atoms with Crippen molar-refractivity contribution in [2.45, 2.75) is 53.0 Å². The fraction of sp³-hybridized carbons (Fsp3) is 0.778. The van der Waals surface area contributed by atoms with Crippen LogP contribution >= 0.6 is 24.0 Å². The van der Waals surface area contributed by atoms with Gasteiger partial charge in [-0.3, -0.25) is 9.67 Å². The summed E-state index contributed by atoms with van der Waals surface area (Å²) >= 11 is 0. The van der Waals surface area contributed by atoms with E-state index in [0.717, 1.165) is 37.5 Å². The van der Waals surface area contributed by atoms with E-state index in [-0.39, 0.29) is 41.2 Å². The van der Waals surface area contributed by atoms with Crippen molar-refractivity contribution in [3.8, 4) is 0 Å². The van der Waals surface area contributed by atoms with Crippen molar-refractivity contribution < 1.29 is 8.42 Å². The van der Waals surface area contributed by atoms with Crippen LogP contribution in [0, 0.1) is 19.3 Å². The zero-order chi connectivity index (χ0) is 19.5. The van der Waals surface area contributed by atoms with Crippen LogP contribution in [0.4, 0.5) is 0 Å². The summed E-state index contributed by atoms with van der Waals surface area (Å²) in [6.07, 6.45) is 4.05. The molecule has 1 fully saturated rings. The summed E-state index contributed by atoms with van der Waals surface area (Å²) in [6.45, 7) is 9.60. The van der Waals surface area contributed by atoms with E-state index >= 15 is 0 Å². The van der Waals surface area contributed by atoms with E-state index in [1.807, 2.05) is 25.6 Å². The number of hydrogen-bond acceptors (Lipinski definition) is 4. The Morgan fingerprint density at radius 1 is 1.37 bits per heavy atom. The molecule has 2 rings (SSSR count). The summed E-state index contributed by atoms with van der Waals surface area (Å²) in [7, 11) is -1.01. The number of nitrogens with one attached hydrogen (secondary N) is 2. The van der Waals surface area contributed by atoms with Gasteiger partial charge in [-0.15, -0.1) is 24.0 Å². The summed E-state index contributed by atoms with van der Waals surface area (Å²) in [5.41, 5.74) is 3.35. The molecular formula is C18H34IN5O2S. The Morgan fingerprint density at radius 3 is 2.44 bits per heavy atom. The van der Waals surface area contributed by atoms with Gasteiger partial charge in [0.05, 0.1) is 11.4 Å². The Bertz CT molecular complexity index is 769. The van der Waals surface area contributed by atoms with Crippen LogP contribution in [0.3, 0.4) is 0 Å². The second kappa shape index (κ2) is 9.58. The molecule has 1 unspecified atom stereocenters. The minimum absolute atomic E-state index is 0. The van der Waals surface area contributed by atoms with Gasteiger partial charge in [0, 0.05) is 43.5 Å². The minimum atomic E-state index is -2.97. The maximum absolute atomic E-state index is 11.6. The number of nitrogens with zero attached hydrogens (tertiary/aromatic N) is 3. The van der Waals surface area contributed by atoms with Gasteiger partial charge in [0.1, 0.15) is 9.84 Å². The van der Waals surface area contributed by atoms with E-state index in [4.69, 9.17) is 0 Å². The van der Waals surface area contributed by atoms with Crippen LogP contribution in [0.15, 0.2) is 4.99 Å². The molecule has 7 nitrogen and oxygen atoms in total. The molecule has 1 aromatic rings. The monoisotopic (exact) mass is 511 g/mol. The molecule has 27 heavy (non-hydrogen) atoms. The first-order chi connectivity index (χ1) is 12.1. The smallest absolute Gasteiger partial charge is 0.191 e. The van der Waals surface area contributed by atoms with E-state index in [2.05, 4.69) is 34.6 Å². The van der Waals surface area contributed by atoms with E-state index in [9.17, 15) is 8.42 Å². The number of guanidine groups is 1. The Morgan fingerprint density at radius 2 is 2.00 bits per heavy atom. The third-order valence-corrected chi connectivity index (χ3v) is 6.13. The summed E-state index contributed by atoms with van der Waals surface area (Å²) in [5.74, 6) is 0.978. The summed E-state index contributed by atoms with van der Waals surface area (Å²) in [6, 6.07) is 0.194. The van der Waals surface area contributed by atoms with E-state index < -0.39 is 9.84 Å². The summed E-state index contributed by atoms with van der Waals surface area (Å²) in [5, 5.41) is 11.2. The molecule has 0 radical (unpaired) electrons. The summed E-state index contributed by atoms with van der Waals surface area (Å²) in [4.78, 5) is 4.67. The highest BCUT2D eigenvalue weighted by Crippen LogP contribution is 2.46. The standard InChI is InChI=1S/C18H33N5O2S.HI/c1-7-19-17(20-11-18(8-9-18)12-26(6,24)25)21-13(2)10-16-14(3)22-23(5)15(16)4;/h13H,7-12H2,1-6H3,(H2,19,20,21);1H. The number of aryl methyl sites for hydroxylation is 2. The lowest BCUT2D eigenvalue weighted by Crippen LogP contribution is -2.43. The Hall–Kier alpha value is -0.840. The van der Waals surface area contributed by atoms with Crippen LogP contribution in [-0.4, -0.2) is 55.3 Å². The predicted octanol–water partition coefficient (Wildman–Crippen LogP) is 1.97. The molecule has 1 aliphatic carbocycles. The van der Waals surface area contributed by atoms with E-state index in [1.54, 1.807) is 0 Å². The van der Waals surface area contributed by atoms with E-state index in [0.29, 0.717) is 6.54 Å². The van der Waals surface area contributed by atoms with Crippen molar-refractivity contribution >= 4 is 39.8 Å². The van der Waals surface area contributed by atoms with Crippen molar-refractivity contribution in [1.82, 2.24) is 20.4 Å². The van der Waals surface area contributed by atoms with Gasteiger partial charge in [-0.1, -0.05) is 0 Å². The van der Waals surface area contributed by atoms with Crippen molar-refractivity contribution in [3.63, 3.8) is 0 Å². The van der Waals surface area contributed by atoms with Crippen LogP contribution in [0.25, 0.3) is 0 Å². The van der Waals surface area contributed by atoms with Gasteiger partial charge < -0.3 is 10.6 Å². The first-order valence-corrected chi connectivity index (χ1v) is 11.3. The van der Waals surface area contributed by atoms with E-state index in [1.165, 1.54) is 17.5 Å². The molecule has 0 aromatic carbocycles. The molecule has 0 bridgehead atoms. The highest BCUT2D eigenvalue weighted by Gasteiger charge is 2.45.